The van der Waals surface area contributed by atoms with Gasteiger partial charge in [-0.05, 0) is 13.0 Å². The van der Waals surface area contributed by atoms with E-state index in [1.54, 1.807) is 0 Å². The molecule has 0 aromatic heterocycles. The number of phosphoric acid groups is 1. The summed E-state index contributed by atoms with van der Waals surface area (Å²) in [6.45, 7) is 0.237. The monoisotopic (exact) mass is 170 g/mol. The third-order valence-electron chi connectivity index (χ3n) is 0.724. The Morgan fingerprint density at radius 2 is 2.10 bits per heavy atom. The summed E-state index contributed by atoms with van der Waals surface area (Å²) in [7, 11) is -4.43. The van der Waals surface area contributed by atoms with Crippen LogP contribution in [0, 0.1) is 0 Å². The van der Waals surface area contributed by atoms with Gasteiger partial charge in [0.25, 0.3) is 0 Å². The van der Waals surface area contributed by atoms with Crippen LogP contribution in [0.1, 0.15) is 6.42 Å². The summed E-state index contributed by atoms with van der Waals surface area (Å²) in [4.78, 5) is 16.4. The number of nitrogens with two attached hydrogens (primary N) is 2. The standard InChI is InChI=1S/C3H11N2O4P/c4-2-1-3(5)9-10(6,7)8/h3H,1-2,4-5H2,(H2,6,7,8). The molecule has 0 bridgehead atoms. The van der Waals surface area contributed by atoms with Gasteiger partial charge in [-0.1, -0.05) is 0 Å². The second-order valence-electron chi connectivity index (χ2n) is 1.71. The largest absolute Gasteiger partial charge is 0.471 e. The highest BCUT2D eigenvalue weighted by Crippen LogP contribution is 2.36. The molecule has 6 N–H and O–H groups in total. The van der Waals surface area contributed by atoms with E-state index in [0.717, 1.165) is 0 Å². The molecule has 0 aliphatic carbocycles. The fourth-order valence-corrected chi connectivity index (χ4v) is 0.852. The molecule has 0 amide bonds. The Morgan fingerprint density at radius 3 is 2.40 bits per heavy atom. The first-order chi connectivity index (χ1) is 4.45. The zero-order valence-electron chi connectivity index (χ0n) is 5.30. The Bertz CT molecular complexity index is 134. The molecule has 0 aromatic carbocycles. The molecular weight excluding hydrogens is 159 g/mol. The average molecular weight is 170 g/mol. The van der Waals surface area contributed by atoms with Gasteiger partial charge >= 0.3 is 7.82 Å². The molecule has 6 nitrogen and oxygen atoms in total. The molecule has 0 aromatic rings. The van der Waals surface area contributed by atoms with Crippen LogP contribution in [0.4, 0.5) is 0 Å². The Labute approximate surface area is 58.4 Å². The second-order valence-corrected chi connectivity index (χ2v) is 2.90. The maximum atomic E-state index is 10.1. The van der Waals surface area contributed by atoms with Gasteiger partial charge in [0, 0.05) is 0 Å². The highest BCUT2D eigenvalue weighted by atomic mass is 31.2. The van der Waals surface area contributed by atoms with Crippen LogP contribution in [0.2, 0.25) is 0 Å². The van der Waals surface area contributed by atoms with Crippen LogP contribution < -0.4 is 11.5 Å². The summed E-state index contributed by atoms with van der Waals surface area (Å²) in [6, 6.07) is 0. The van der Waals surface area contributed by atoms with Crippen molar-refractivity contribution < 1.29 is 18.9 Å². The van der Waals surface area contributed by atoms with Gasteiger partial charge in [-0.2, -0.15) is 0 Å². The van der Waals surface area contributed by atoms with Crippen molar-refractivity contribution >= 4 is 7.82 Å². The van der Waals surface area contributed by atoms with E-state index in [1.165, 1.54) is 0 Å². The number of phosphoric ester groups is 1. The zero-order chi connectivity index (χ0) is 8.20. The van der Waals surface area contributed by atoms with E-state index in [-0.39, 0.29) is 13.0 Å². The van der Waals surface area contributed by atoms with Crippen molar-refractivity contribution in [2.24, 2.45) is 11.5 Å². The summed E-state index contributed by atoms with van der Waals surface area (Å²) in [5, 5.41) is 0. The quantitative estimate of drug-likeness (QED) is 0.308. The van der Waals surface area contributed by atoms with Crippen LogP contribution in [-0.4, -0.2) is 22.6 Å². The minimum atomic E-state index is -4.43. The van der Waals surface area contributed by atoms with E-state index < -0.39 is 14.1 Å². The molecule has 0 saturated carbocycles. The molecule has 0 heterocycles. The summed E-state index contributed by atoms with van der Waals surface area (Å²) < 4.78 is 14.1. The molecule has 0 saturated heterocycles. The van der Waals surface area contributed by atoms with Gasteiger partial charge in [0.1, 0.15) is 6.23 Å². The van der Waals surface area contributed by atoms with Crippen molar-refractivity contribution in [3.05, 3.63) is 0 Å². The van der Waals surface area contributed by atoms with Gasteiger partial charge in [0.15, 0.2) is 0 Å². The van der Waals surface area contributed by atoms with Gasteiger partial charge in [-0.3, -0.25) is 4.52 Å². The highest BCUT2D eigenvalue weighted by Gasteiger charge is 2.17. The van der Waals surface area contributed by atoms with Crippen LogP contribution in [0.15, 0.2) is 0 Å². The molecule has 0 aliphatic rings. The summed E-state index contributed by atoms with van der Waals surface area (Å²) in [6.07, 6.45) is -0.753. The van der Waals surface area contributed by atoms with Crippen LogP contribution in [0.25, 0.3) is 0 Å². The maximum absolute atomic E-state index is 10.1. The second kappa shape index (κ2) is 4.02. The number of hydrogen-bond acceptors (Lipinski definition) is 4. The lowest BCUT2D eigenvalue weighted by Gasteiger charge is -2.11. The maximum Gasteiger partial charge on any atom is 0.471 e. The van der Waals surface area contributed by atoms with E-state index in [4.69, 9.17) is 21.3 Å². The molecule has 62 valence electrons. The highest BCUT2D eigenvalue weighted by molar-refractivity contribution is 7.46. The molecule has 1 unspecified atom stereocenters. The lowest BCUT2D eigenvalue weighted by atomic mass is 10.4. The van der Waals surface area contributed by atoms with Crippen LogP contribution >= 0.6 is 7.82 Å². The van der Waals surface area contributed by atoms with Crippen LogP contribution in [-0.2, 0) is 9.09 Å². The van der Waals surface area contributed by atoms with Gasteiger partial charge < -0.3 is 21.3 Å². The molecule has 10 heavy (non-hydrogen) atoms. The fourth-order valence-electron chi connectivity index (χ4n) is 0.393. The summed E-state index contributed by atoms with van der Waals surface area (Å²) >= 11 is 0. The predicted octanol–water partition coefficient (Wildman–Crippen LogP) is -1.27. The van der Waals surface area contributed by atoms with E-state index >= 15 is 0 Å². The van der Waals surface area contributed by atoms with E-state index in [1.807, 2.05) is 0 Å². The molecule has 7 heteroatoms. The average Bonchev–Trinajstić information content (AvgIpc) is 1.59. The molecule has 0 aliphatic heterocycles. The van der Waals surface area contributed by atoms with Crippen molar-refractivity contribution in [2.75, 3.05) is 6.54 Å². The van der Waals surface area contributed by atoms with Crippen molar-refractivity contribution in [3.63, 3.8) is 0 Å². The van der Waals surface area contributed by atoms with E-state index in [9.17, 15) is 4.57 Å². The van der Waals surface area contributed by atoms with Crippen molar-refractivity contribution in [2.45, 2.75) is 12.6 Å². The smallest absolute Gasteiger partial charge is 0.330 e. The van der Waals surface area contributed by atoms with Gasteiger partial charge in [-0.25, -0.2) is 4.57 Å². The van der Waals surface area contributed by atoms with Gasteiger partial charge in [0.2, 0.25) is 0 Å². The Kier molecular flexibility index (Phi) is 4.04. The normalized spacial score (nSPS) is 15.2. The SMILES string of the molecule is NCCC(N)OP(=O)(O)O. The van der Waals surface area contributed by atoms with Crippen LogP contribution in [0.5, 0.6) is 0 Å². The Balaban J connectivity index is 3.58. The molecular formula is C3H11N2O4P. The Hall–Kier alpha value is 0.0300. The summed E-state index contributed by atoms with van der Waals surface area (Å²) in [5.41, 5.74) is 10.1. The third kappa shape index (κ3) is 6.15. The lowest BCUT2D eigenvalue weighted by Crippen LogP contribution is -2.25. The minimum absolute atomic E-state index is 0.227. The summed E-state index contributed by atoms with van der Waals surface area (Å²) in [5.74, 6) is 0. The third-order valence-corrected chi connectivity index (χ3v) is 1.27. The topological polar surface area (TPSA) is 119 Å². The van der Waals surface area contributed by atoms with Gasteiger partial charge in [0.05, 0.1) is 0 Å². The van der Waals surface area contributed by atoms with E-state index in [0.29, 0.717) is 0 Å². The first kappa shape index (κ1) is 10.0. The number of hydrogen-bond donors (Lipinski definition) is 4. The van der Waals surface area contributed by atoms with Crippen LogP contribution in [0.3, 0.4) is 0 Å². The van der Waals surface area contributed by atoms with Crippen molar-refractivity contribution in [1.82, 2.24) is 0 Å². The molecule has 0 radical (unpaired) electrons. The molecule has 1 atom stereocenters. The Morgan fingerprint density at radius 1 is 1.60 bits per heavy atom. The fraction of sp³-hybridized carbons (Fsp3) is 1.00. The molecule has 0 rings (SSSR count). The van der Waals surface area contributed by atoms with Gasteiger partial charge in [-0.15, -0.1) is 0 Å². The first-order valence-corrected chi connectivity index (χ1v) is 4.18. The molecule has 0 fully saturated rings. The number of rotatable bonds is 4. The first-order valence-electron chi connectivity index (χ1n) is 2.65. The lowest BCUT2D eigenvalue weighted by molar-refractivity contribution is 0.133. The van der Waals surface area contributed by atoms with Crippen molar-refractivity contribution in [3.8, 4) is 0 Å². The molecule has 0 spiro atoms. The minimum Gasteiger partial charge on any atom is -0.330 e. The zero-order valence-corrected chi connectivity index (χ0v) is 6.20. The van der Waals surface area contributed by atoms with E-state index in [2.05, 4.69) is 4.52 Å². The van der Waals surface area contributed by atoms with Crippen molar-refractivity contribution in [1.29, 1.82) is 0 Å². The predicted molar refractivity (Wildman–Crippen MR) is 34.8 cm³/mol.